The Hall–Kier alpha value is -1.57. The fourth-order valence-corrected chi connectivity index (χ4v) is 2.47. The minimum Gasteiger partial charge on any atom is -0.377 e. The second kappa shape index (κ2) is 6.25. The maximum absolute atomic E-state index is 14.0. The van der Waals surface area contributed by atoms with Crippen LogP contribution in [-0.4, -0.2) is 49.3 Å². The first-order valence-electron chi connectivity index (χ1n) is 6.26. The van der Waals surface area contributed by atoms with Gasteiger partial charge >= 0.3 is 5.69 Å². The zero-order valence-corrected chi connectivity index (χ0v) is 11.4. The van der Waals surface area contributed by atoms with E-state index in [0.29, 0.717) is 25.2 Å². The van der Waals surface area contributed by atoms with Crippen molar-refractivity contribution in [3.63, 3.8) is 0 Å². The zero-order valence-electron chi connectivity index (χ0n) is 11.4. The van der Waals surface area contributed by atoms with Crippen molar-refractivity contribution in [3.05, 3.63) is 39.7 Å². The first-order valence-corrected chi connectivity index (χ1v) is 6.26. The Labute approximate surface area is 116 Å². The average Bonchev–Trinajstić information content (AvgIpc) is 2.83. The maximum Gasteiger partial charge on any atom is 0.305 e. The standard InChI is InChI=1S/C13H17FN2O4/c1-19-11-7-15(8-12(11)20-2)6-9-4-3-5-10(13(9)14)16(17)18/h3-5,11-12H,6-8H2,1-2H3. The highest BCUT2D eigenvalue weighted by molar-refractivity contribution is 5.36. The number of methoxy groups -OCH3 is 2. The summed E-state index contributed by atoms with van der Waals surface area (Å²) in [5, 5.41) is 10.7. The molecule has 0 N–H and O–H groups in total. The molecule has 2 rings (SSSR count). The summed E-state index contributed by atoms with van der Waals surface area (Å²) in [5.74, 6) is -0.771. The first kappa shape index (κ1) is 14.8. The summed E-state index contributed by atoms with van der Waals surface area (Å²) in [6.07, 6.45) is -0.136. The van der Waals surface area contributed by atoms with Crippen molar-refractivity contribution in [3.8, 4) is 0 Å². The van der Waals surface area contributed by atoms with Crippen LogP contribution in [0.5, 0.6) is 0 Å². The zero-order chi connectivity index (χ0) is 14.7. The third kappa shape index (κ3) is 2.95. The van der Waals surface area contributed by atoms with Crippen LogP contribution in [0.1, 0.15) is 5.56 Å². The van der Waals surface area contributed by atoms with Crippen LogP contribution in [0.3, 0.4) is 0 Å². The van der Waals surface area contributed by atoms with Gasteiger partial charge in [-0.2, -0.15) is 4.39 Å². The Morgan fingerprint density at radius 2 is 1.95 bits per heavy atom. The van der Waals surface area contributed by atoms with Crippen molar-refractivity contribution in [2.75, 3.05) is 27.3 Å². The van der Waals surface area contributed by atoms with E-state index in [1.165, 1.54) is 12.1 Å². The number of hydrogen-bond donors (Lipinski definition) is 0. The van der Waals surface area contributed by atoms with Crippen molar-refractivity contribution in [1.82, 2.24) is 4.90 Å². The third-order valence-corrected chi connectivity index (χ3v) is 3.55. The van der Waals surface area contributed by atoms with Crippen LogP contribution in [0.4, 0.5) is 10.1 Å². The lowest BCUT2D eigenvalue weighted by Gasteiger charge is -2.15. The van der Waals surface area contributed by atoms with E-state index < -0.39 is 16.4 Å². The van der Waals surface area contributed by atoms with E-state index in [0.717, 1.165) is 0 Å². The van der Waals surface area contributed by atoms with Crippen molar-refractivity contribution >= 4 is 5.69 Å². The molecule has 1 aromatic rings. The van der Waals surface area contributed by atoms with Crippen LogP contribution in [0.15, 0.2) is 18.2 Å². The molecule has 20 heavy (non-hydrogen) atoms. The number of nitro benzene ring substituents is 1. The minimum absolute atomic E-state index is 0.0678. The number of benzene rings is 1. The van der Waals surface area contributed by atoms with Gasteiger partial charge in [0.1, 0.15) is 0 Å². The van der Waals surface area contributed by atoms with Crippen molar-refractivity contribution < 1.29 is 18.8 Å². The first-order chi connectivity index (χ1) is 9.56. The Morgan fingerprint density at radius 3 is 2.45 bits per heavy atom. The SMILES string of the molecule is COC1CN(Cc2cccc([N+](=O)[O-])c2F)CC1OC. The molecule has 2 atom stereocenters. The van der Waals surface area contributed by atoms with Gasteiger partial charge < -0.3 is 9.47 Å². The molecule has 1 fully saturated rings. The molecule has 7 heteroatoms. The second-order valence-corrected chi connectivity index (χ2v) is 4.75. The molecule has 1 saturated heterocycles. The van der Waals surface area contributed by atoms with Gasteiger partial charge in [-0.05, 0) is 0 Å². The summed E-state index contributed by atoms with van der Waals surface area (Å²) in [4.78, 5) is 12.0. The number of ether oxygens (including phenoxy) is 2. The number of likely N-dealkylation sites (tertiary alicyclic amines) is 1. The van der Waals surface area contributed by atoms with E-state index in [9.17, 15) is 14.5 Å². The molecule has 110 valence electrons. The monoisotopic (exact) mass is 284 g/mol. The molecule has 0 radical (unpaired) electrons. The van der Waals surface area contributed by atoms with E-state index in [4.69, 9.17) is 9.47 Å². The normalized spacial score (nSPS) is 23.1. The van der Waals surface area contributed by atoms with Crippen LogP contribution in [0.25, 0.3) is 0 Å². The molecule has 6 nitrogen and oxygen atoms in total. The van der Waals surface area contributed by atoms with Crippen LogP contribution in [0, 0.1) is 15.9 Å². The van der Waals surface area contributed by atoms with Crippen molar-refractivity contribution in [1.29, 1.82) is 0 Å². The molecular weight excluding hydrogens is 267 g/mol. The number of rotatable bonds is 5. The van der Waals surface area contributed by atoms with Gasteiger partial charge in [-0.15, -0.1) is 0 Å². The van der Waals surface area contributed by atoms with Gasteiger partial charge in [0.05, 0.1) is 17.1 Å². The highest BCUT2D eigenvalue weighted by Crippen LogP contribution is 2.24. The van der Waals surface area contributed by atoms with Crippen LogP contribution in [0.2, 0.25) is 0 Å². The predicted molar refractivity (Wildman–Crippen MR) is 69.9 cm³/mol. The van der Waals surface area contributed by atoms with Gasteiger partial charge in [0.2, 0.25) is 5.82 Å². The quantitative estimate of drug-likeness (QED) is 0.606. The minimum atomic E-state index is -0.771. The summed E-state index contributed by atoms with van der Waals surface area (Å²) in [6, 6.07) is 4.22. The van der Waals surface area contributed by atoms with E-state index >= 15 is 0 Å². The molecule has 0 saturated carbocycles. The number of nitro groups is 1. The van der Waals surface area contributed by atoms with Crippen LogP contribution < -0.4 is 0 Å². The van der Waals surface area contributed by atoms with Gasteiger partial charge in [0.15, 0.2) is 0 Å². The topological polar surface area (TPSA) is 64.8 Å². The fourth-order valence-electron chi connectivity index (χ4n) is 2.47. The average molecular weight is 284 g/mol. The second-order valence-electron chi connectivity index (χ2n) is 4.75. The summed E-state index contributed by atoms with van der Waals surface area (Å²) >= 11 is 0. The highest BCUT2D eigenvalue weighted by Gasteiger charge is 2.33. The lowest BCUT2D eigenvalue weighted by molar-refractivity contribution is -0.387. The van der Waals surface area contributed by atoms with Gasteiger partial charge in [-0.1, -0.05) is 12.1 Å². The van der Waals surface area contributed by atoms with Crippen LogP contribution >= 0.6 is 0 Å². The van der Waals surface area contributed by atoms with Gasteiger partial charge in [-0.3, -0.25) is 15.0 Å². The molecule has 2 unspecified atom stereocenters. The van der Waals surface area contributed by atoms with E-state index in [2.05, 4.69) is 0 Å². The maximum atomic E-state index is 14.0. The third-order valence-electron chi connectivity index (χ3n) is 3.55. The smallest absolute Gasteiger partial charge is 0.305 e. The van der Waals surface area contributed by atoms with E-state index in [-0.39, 0.29) is 12.2 Å². The van der Waals surface area contributed by atoms with Crippen molar-refractivity contribution in [2.24, 2.45) is 0 Å². The lowest BCUT2D eigenvalue weighted by atomic mass is 10.1. The Balaban J connectivity index is 2.12. The van der Waals surface area contributed by atoms with E-state index in [1.54, 1.807) is 20.3 Å². The molecule has 0 bridgehead atoms. The predicted octanol–water partition coefficient (Wildman–Crippen LogP) is 1.58. The molecule has 0 amide bonds. The summed E-state index contributed by atoms with van der Waals surface area (Å²) < 4.78 is 24.6. The Kier molecular flexibility index (Phi) is 4.64. The molecule has 1 aromatic carbocycles. The molecule has 0 aromatic heterocycles. The molecule has 0 spiro atoms. The summed E-state index contributed by atoms with van der Waals surface area (Å²) in [7, 11) is 3.21. The highest BCUT2D eigenvalue weighted by atomic mass is 19.1. The molecule has 1 aliphatic heterocycles. The lowest BCUT2D eigenvalue weighted by Crippen LogP contribution is -2.27. The van der Waals surface area contributed by atoms with Crippen LogP contribution in [-0.2, 0) is 16.0 Å². The molecule has 1 heterocycles. The Morgan fingerprint density at radius 1 is 1.35 bits per heavy atom. The Bertz CT molecular complexity index is 485. The number of halogens is 1. The summed E-state index contributed by atoms with van der Waals surface area (Å²) in [6.45, 7) is 1.52. The molecule has 0 aliphatic carbocycles. The summed E-state index contributed by atoms with van der Waals surface area (Å²) in [5.41, 5.74) is -0.181. The largest absolute Gasteiger partial charge is 0.377 e. The molecular formula is C13H17FN2O4. The van der Waals surface area contributed by atoms with Crippen molar-refractivity contribution in [2.45, 2.75) is 18.8 Å². The van der Waals surface area contributed by atoms with E-state index in [1.807, 2.05) is 4.90 Å². The van der Waals surface area contributed by atoms with Gasteiger partial charge in [0, 0.05) is 45.5 Å². The van der Waals surface area contributed by atoms with Gasteiger partial charge in [-0.25, -0.2) is 0 Å². The van der Waals surface area contributed by atoms with Gasteiger partial charge in [0.25, 0.3) is 0 Å². The number of hydrogen-bond acceptors (Lipinski definition) is 5. The number of nitrogens with zero attached hydrogens (tertiary/aromatic N) is 2. The molecule has 1 aliphatic rings. The fraction of sp³-hybridized carbons (Fsp3) is 0.538.